The minimum atomic E-state index is 0.147. The maximum absolute atomic E-state index is 12.0. The Kier molecular flexibility index (Phi) is 3.47. The first-order chi connectivity index (χ1) is 9.22. The summed E-state index contributed by atoms with van der Waals surface area (Å²) < 4.78 is 0. The number of allylic oxidation sites excluding steroid dienone is 2. The Bertz CT molecular complexity index is 568. The molecule has 0 amide bonds. The Balaban J connectivity index is 1.79. The maximum Gasteiger partial charge on any atom is 0.195 e. The summed E-state index contributed by atoms with van der Waals surface area (Å²) in [5.41, 5.74) is 2.32. The Morgan fingerprint density at radius 1 is 1.26 bits per heavy atom. The summed E-state index contributed by atoms with van der Waals surface area (Å²) in [7, 11) is 0. The van der Waals surface area contributed by atoms with Gasteiger partial charge in [-0.15, -0.1) is 0 Å². The van der Waals surface area contributed by atoms with E-state index in [1.165, 1.54) is 18.4 Å². The highest BCUT2D eigenvalue weighted by molar-refractivity contribution is 8.08. The maximum atomic E-state index is 12.0. The standard InChI is InChI=1S/C16H17NOS/c1-12-5-4-6-13(9-12)10-15-14(18)11-16(19-15)17-7-2-3-8-17/h4-6,9-11H,2-3,7-8H2,1H3/b15-10+. The van der Waals surface area contributed by atoms with E-state index in [9.17, 15) is 4.79 Å². The molecular formula is C16H17NOS. The fourth-order valence-corrected chi connectivity index (χ4v) is 3.54. The number of rotatable bonds is 2. The van der Waals surface area contributed by atoms with Gasteiger partial charge in [-0.3, -0.25) is 4.79 Å². The van der Waals surface area contributed by atoms with E-state index in [2.05, 4.69) is 24.0 Å². The van der Waals surface area contributed by atoms with Gasteiger partial charge < -0.3 is 4.90 Å². The summed E-state index contributed by atoms with van der Waals surface area (Å²) in [6.45, 7) is 4.24. The molecule has 2 aliphatic heterocycles. The van der Waals surface area contributed by atoms with Gasteiger partial charge in [0.25, 0.3) is 0 Å². The lowest BCUT2D eigenvalue weighted by atomic mass is 10.1. The van der Waals surface area contributed by atoms with Crippen molar-refractivity contribution in [2.24, 2.45) is 0 Å². The summed E-state index contributed by atoms with van der Waals surface area (Å²) in [5.74, 6) is 0.147. The molecule has 0 radical (unpaired) electrons. The van der Waals surface area contributed by atoms with E-state index in [0.29, 0.717) is 0 Å². The predicted molar refractivity (Wildman–Crippen MR) is 80.6 cm³/mol. The molecule has 1 aromatic rings. The van der Waals surface area contributed by atoms with Crippen molar-refractivity contribution in [3.63, 3.8) is 0 Å². The van der Waals surface area contributed by atoms with Crippen LogP contribution in [-0.2, 0) is 4.79 Å². The molecule has 1 aromatic carbocycles. The molecule has 0 saturated carbocycles. The van der Waals surface area contributed by atoms with Crippen molar-refractivity contribution in [1.82, 2.24) is 4.90 Å². The van der Waals surface area contributed by atoms with E-state index >= 15 is 0 Å². The van der Waals surface area contributed by atoms with Crippen LogP contribution in [-0.4, -0.2) is 23.8 Å². The zero-order valence-corrected chi connectivity index (χ0v) is 11.9. The number of aryl methyl sites for hydroxylation is 1. The lowest BCUT2D eigenvalue weighted by molar-refractivity contribution is -0.110. The van der Waals surface area contributed by atoms with Gasteiger partial charge in [-0.25, -0.2) is 0 Å². The molecule has 3 heteroatoms. The molecule has 3 rings (SSSR count). The molecule has 2 aliphatic rings. The number of hydrogen-bond donors (Lipinski definition) is 0. The van der Waals surface area contributed by atoms with Crippen LogP contribution >= 0.6 is 11.8 Å². The second-order valence-corrected chi connectivity index (χ2v) is 6.13. The van der Waals surface area contributed by atoms with Crippen LogP contribution in [0.2, 0.25) is 0 Å². The Morgan fingerprint density at radius 2 is 2.05 bits per heavy atom. The number of carbonyl (C=O) groups excluding carboxylic acids is 1. The third kappa shape index (κ3) is 2.76. The van der Waals surface area contributed by atoms with Crippen LogP contribution in [0.4, 0.5) is 0 Å². The molecule has 1 fully saturated rings. The molecule has 0 bridgehead atoms. The molecule has 0 N–H and O–H groups in total. The highest BCUT2D eigenvalue weighted by Crippen LogP contribution is 2.38. The smallest absolute Gasteiger partial charge is 0.195 e. The lowest BCUT2D eigenvalue weighted by Gasteiger charge is -2.16. The average molecular weight is 271 g/mol. The number of thioether (sulfide) groups is 1. The van der Waals surface area contributed by atoms with Crippen LogP contribution in [0.25, 0.3) is 6.08 Å². The largest absolute Gasteiger partial charge is 0.366 e. The second-order valence-electron chi connectivity index (χ2n) is 5.07. The third-order valence-corrected chi connectivity index (χ3v) is 4.59. The number of ketones is 1. The van der Waals surface area contributed by atoms with E-state index in [0.717, 1.165) is 28.6 Å². The van der Waals surface area contributed by atoms with Crippen LogP contribution < -0.4 is 0 Å². The quantitative estimate of drug-likeness (QED) is 0.767. The van der Waals surface area contributed by atoms with Crippen molar-refractivity contribution in [2.75, 3.05) is 13.1 Å². The first kappa shape index (κ1) is 12.5. The third-order valence-electron chi connectivity index (χ3n) is 3.47. The lowest BCUT2D eigenvalue weighted by Crippen LogP contribution is -2.15. The molecule has 0 atom stereocenters. The molecule has 0 aromatic heterocycles. The van der Waals surface area contributed by atoms with Crippen LogP contribution in [0, 0.1) is 6.92 Å². The second kappa shape index (κ2) is 5.25. The predicted octanol–water partition coefficient (Wildman–Crippen LogP) is 3.59. The molecule has 19 heavy (non-hydrogen) atoms. The van der Waals surface area contributed by atoms with Gasteiger partial charge in [0.05, 0.1) is 9.93 Å². The van der Waals surface area contributed by atoms with Crippen LogP contribution in [0.5, 0.6) is 0 Å². The van der Waals surface area contributed by atoms with Gasteiger partial charge in [0.15, 0.2) is 5.78 Å². The van der Waals surface area contributed by atoms with Gasteiger partial charge in [0, 0.05) is 19.2 Å². The molecule has 0 spiro atoms. The summed E-state index contributed by atoms with van der Waals surface area (Å²) in [4.78, 5) is 15.2. The van der Waals surface area contributed by atoms with Crippen molar-refractivity contribution in [3.05, 3.63) is 51.4 Å². The Labute approximate surface area is 118 Å². The number of likely N-dealkylation sites (tertiary alicyclic amines) is 1. The molecule has 98 valence electrons. The molecular weight excluding hydrogens is 254 g/mol. The monoisotopic (exact) mass is 271 g/mol. The fourth-order valence-electron chi connectivity index (χ4n) is 2.48. The number of benzene rings is 1. The van der Waals surface area contributed by atoms with Gasteiger partial charge >= 0.3 is 0 Å². The van der Waals surface area contributed by atoms with Crippen LogP contribution in [0.1, 0.15) is 24.0 Å². The first-order valence-corrected chi connectivity index (χ1v) is 7.51. The average Bonchev–Trinajstić information content (AvgIpc) is 3.00. The summed E-state index contributed by atoms with van der Waals surface area (Å²) in [6, 6.07) is 8.25. The zero-order chi connectivity index (χ0) is 13.2. The first-order valence-electron chi connectivity index (χ1n) is 6.69. The highest BCUT2D eigenvalue weighted by Gasteiger charge is 2.25. The van der Waals surface area contributed by atoms with E-state index < -0.39 is 0 Å². The fraction of sp³-hybridized carbons (Fsp3) is 0.312. The van der Waals surface area contributed by atoms with Gasteiger partial charge in [0.1, 0.15) is 0 Å². The summed E-state index contributed by atoms with van der Waals surface area (Å²) in [5, 5.41) is 1.13. The van der Waals surface area contributed by atoms with Gasteiger partial charge in [-0.1, -0.05) is 41.6 Å². The van der Waals surface area contributed by atoms with E-state index in [4.69, 9.17) is 0 Å². The summed E-state index contributed by atoms with van der Waals surface area (Å²) >= 11 is 1.62. The SMILES string of the molecule is Cc1cccc(/C=C2/SC(N3CCCC3)=CC2=O)c1. The Morgan fingerprint density at radius 3 is 2.79 bits per heavy atom. The van der Waals surface area contributed by atoms with E-state index in [-0.39, 0.29) is 5.78 Å². The molecule has 2 nitrogen and oxygen atoms in total. The minimum absolute atomic E-state index is 0.147. The highest BCUT2D eigenvalue weighted by atomic mass is 32.2. The van der Waals surface area contributed by atoms with Gasteiger partial charge in [-0.05, 0) is 31.4 Å². The van der Waals surface area contributed by atoms with Crippen LogP contribution in [0.15, 0.2) is 40.3 Å². The summed E-state index contributed by atoms with van der Waals surface area (Å²) in [6.07, 6.45) is 6.27. The van der Waals surface area contributed by atoms with Gasteiger partial charge in [0.2, 0.25) is 0 Å². The van der Waals surface area contributed by atoms with Crippen LogP contribution in [0.3, 0.4) is 0 Å². The van der Waals surface area contributed by atoms with Crippen molar-refractivity contribution >= 4 is 23.6 Å². The van der Waals surface area contributed by atoms with Crippen molar-refractivity contribution in [1.29, 1.82) is 0 Å². The van der Waals surface area contributed by atoms with E-state index in [1.54, 1.807) is 17.8 Å². The minimum Gasteiger partial charge on any atom is -0.366 e. The van der Waals surface area contributed by atoms with Gasteiger partial charge in [-0.2, -0.15) is 0 Å². The topological polar surface area (TPSA) is 20.3 Å². The zero-order valence-electron chi connectivity index (χ0n) is 11.1. The molecule has 1 saturated heterocycles. The molecule has 0 aliphatic carbocycles. The number of hydrogen-bond acceptors (Lipinski definition) is 3. The molecule has 2 heterocycles. The van der Waals surface area contributed by atoms with Crippen molar-refractivity contribution in [3.8, 4) is 0 Å². The van der Waals surface area contributed by atoms with Crippen molar-refractivity contribution < 1.29 is 4.79 Å². The van der Waals surface area contributed by atoms with E-state index in [1.807, 2.05) is 18.2 Å². The normalized spacial score (nSPS) is 21.3. The number of carbonyl (C=O) groups is 1. The Hall–Kier alpha value is -1.48. The number of nitrogens with zero attached hydrogens (tertiary/aromatic N) is 1. The molecule has 0 unspecified atom stereocenters. The van der Waals surface area contributed by atoms with Crippen molar-refractivity contribution in [2.45, 2.75) is 19.8 Å².